The summed E-state index contributed by atoms with van der Waals surface area (Å²) >= 11 is 0. The fourth-order valence-corrected chi connectivity index (χ4v) is 3.79. The van der Waals surface area contributed by atoms with E-state index in [2.05, 4.69) is 72.0 Å². The zero-order valence-electron chi connectivity index (χ0n) is 20.1. The minimum absolute atomic E-state index is 0.308. The first kappa shape index (κ1) is 23.9. The first-order valence-corrected chi connectivity index (χ1v) is 11.4. The molecule has 2 aromatic rings. The van der Waals surface area contributed by atoms with Crippen molar-refractivity contribution < 1.29 is 4.74 Å². The molecule has 0 fully saturated rings. The number of nitrogens with zero attached hydrogens (tertiary/aromatic N) is 2. The lowest BCUT2D eigenvalue weighted by atomic mass is 10.1. The zero-order chi connectivity index (χ0) is 22.3. The fraction of sp³-hybridized carbons (Fsp3) is 0.538. The van der Waals surface area contributed by atoms with Crippen LogP contribution in [0.15, 0.2) is 23.2 Å². The van der Waals surface area contributed by atoms with E-state index in [1.54, 1.807) is 0 Å². The number of anilines is 1. The van der Waals surface area contributed by atoms with Crippen LogP contribution in [-0.4, -0.2) is 23.3 Å². The number of pyridine rings is 1. The predicted octanol–water partition coefficient (Wildman–Crippen LogP) is 7.32. The van der Waals surface area contributed by atoms with Crippen molar-refractivity contribution in [2.75, 3.05) is 5.32 Å². The summed E-state index contributed by atoms with van der Waals surface area (Å²) in [7, 11) is 0. The topological polar surface area (TPSA) is 46.5 Å². The maximum Gasteiger partial charge on any atom is 0.230 e. The Morgan fingerprint density at radius 2 is 1.53 bits per heavy atom. The molecule has 0 saturated carbocycles. The lowest BCUT2D eigenvalue weighted by molar-refractivity contribution is 0.454. The van der Waals surface area contributed by atoms with E-state index in [-0.39, 0.29) is 0 Å². The van der Waals surface area contributed by atoms with Crippen molar-refractivity contribution in [2.24, 2.45) is 4.99 Å². The number of aryl methyl sites for hydroxylation is 4. The summed E-state index contributed by atoms with van der Waals surface area (Å²) in [5.74, 6) is 1.50. The van der Waals surface area contributed by atoms with E-state index in [0.29, 0.717) is 18.0 Å². The minimum Gasteiger partial charge on any atom is -0.438 e. The minimum atomic E-state index is 0.308. The number of benzene rings is 1. The Morgan fingerprint density at radius 1 is 0.933 bits per heavy atom. The van der Waals surface area contributed by atoms with Gasteiger partial charge in [-0.05, 0) is 70.6 Å². The Morgan fingerprint density at radius 3 is 2.07 bits per heavy atom. The summed E-state index contributed by atoms with van der Waals surface area (Å²) in [4.78, 5) is 9.63. The molecular weight excluding hydrogens is 370 g/mol. The van der Waals surface area contributed by atoms with Crippen LogP contribution in [0.25, 0.3) is 0 Å². The molecule has 0 aliphatic rings. The van der Waals surface area contributed by atoms with Crippen LogP contribution in [-0.2, 0) is 0 Å². The molecular formula is C26H39N3O. The number of aromatic nitrogens is 1. The molecule has 4 heteroatoms. The summed E-state index contributed by atoms with van der Waals surface area (Å²) in [6.07, 6.45) is 6.13. The summed E-state index contributed by atoms with van der Waals surface area (Å²) < 4.78 is 6.45. The van der Waals surface area contributed by atoms with E-state index in [4.69, 9.17) is 14.7 Å². The lowest BCUT2D eigenvalue weighted by Gasteiger charge is -2.21. The number of rotatable bonds is 10. The Bertz CT molecular complexity index is 842. The van der Waals surface area contributed by atoms with Crippen LogP contribution in [0, 0.1) is 27.7 Å². The normalized spacial score (nSPS) is 11.7. The third-order valence-corrected chi connectivity index (χ3v) is 5.66. The standard InChI is InChI=1S/C26H39N3O/c1-9-21(10-2)27-16-23-24(29-22(11-3)12-4)15-20(8)28-26(23)30-25-18(6)13-17(5)14-19(25)7/h13-16,21-22H,9-12H2,1-8H3,(H,28,29)/b27-16+. The van der Waals surface area contributed by atoms with Crippen LogP contribution < -0.4 is 10.1 Å². The molecule has 4 nitrogen and oxygen atoms in total. The number of ether oxygens (including phenoxy) is 1. The molecule has 0 saturated heterocycles. The van der Waals surface area contributed by atoms with E-state index in [1.165, 1.54) is 5.56 Å². The average molecular weight is 410 g/mol. The molecule has 0 unspecified atom stereocenters. The number of hydrogen-bond donors (Lipinski definition) is 1. The number of nitrogens with one attached hydrogen (secondary N) is 1. The molecule has 0 atom stereocenters. The second-order valence-corrected chi connectivity index (χ2v) is 8.27. The molecule has 1 N–H and O–H groups in total. The van der Waals surface area contributed by atoms with Crippen LogP contribution in [0.2, 0.25) is 0 Å². The monoisotopic (exact) mass is 409 g/mol. The molecule has 0 aliphatic carbocycles. The van der Waals surface area contributed by atoms with Crippen LogP contribution >= 0.6 is 0 Å². The van der Waals surface area contributed by atoms with Crippen molar-refractivity contribution in [3.8, 4) is 11.6 Å². The van der Waals surface area contributed by atoms with Crippen molar-refractivity contribution >= 4 is 11.9 Å². The van der Waals surface area contributed by atoms with Gasteiger partial charge in [0, 0.05) is 24.0 Å². The van der Waals surface area contributed by atoms with Crippen molar-refractivity contribution in [3.63, 3.8) is 0 Å². The van der Waals surface area contributed by atoms with Crippen LogP contribution in [0.5, 0.6) is 11.6 Å². The molecule has 164 valence electrons. The van der Waals surface area contributed by atoms with Gasteiger partial charge >= 0.3 is 0 Å². The summed E-state index contributed by atoms with van der Waals surface area (Å²) in [6, 6.07) is 7.12. The van der Waals surface area contributed by atoms with Gasteiger partial charge in [0.05, 0.1) is 11.3 Å². The Kier molecular flexibility index (Phi) is 8.88. The lowest BCUT2D eigenvalue weighted by Crippen LogP contribution is -2.19. The number of hydrogen-bond acceptors (Lipinski definition) is 4. The second-order valence-electron chi connectivity index (χ2n) is 8.27. The third kappa shape index (κ3) is 6.07. The van der Waals surface area contributed by atoms with E-state index < -0.39 is 0 Å². The summed E-state index contributed by atoms with van der Waals surface area (Å²) in [6.45, 7) is 17.1. The maximum absolute atomic E-state index is 6.45. The van der Waals surface area contributed by atoms with Gasteiger partial charge in [0.2, 0.25) is 5.88 Å². The van der Waals surface area contributed by atoms with E-state index >= 15 is 0 Å². The summed E-state index contributed by atoms with van der Waals surface area (Å²) in [5, 5.41) is 3.70. The van der Waals surface area contributed by atoms with Crippen molar-refractivity contribution in [2.45, 2.75) is 93.2 Å². The Hall–Kier alpha value is -2.36. The van der Waals surface area contributed by atoms with Gasteiger partial charge in [-0.2, -0.15) is 0 Å². The highest BCUT2D eigenvalue weighted by atomic mass is 16.5. The van der Waals surface area contributed by atoms with E-state index in [0.717, 1.165) is 59.5 Å². The van der Waals surface area contributed by atoms with Crippen LogP contribution in [0.4, 0.5) is 5.69 Å². The van der Waals surface area contributed by atoms with E-state index in [9.17, 15) is 0 Å². The van der Waals surface area contributed by atoms with Gasteiger partial charge < -0.3 is 10.1 Å². The third-order valence-electron chi connectivity index (χ3n) is 5.66. The molecule has 1 aromatic heterocycles. The van der Waals surface area contributed by atoms with Crippen molar-refractivity contribution in [3.05, 3.63) is 46.1 Å². The molecule has 2 rings (SSSR count). The van der Waals surface area contributed by atoms with Gasteiger partial charge in [0.1, 0.15) is 5.75 Å². The smallest absolute Gasteiger partial charge is 0.230 e. The quantitative estimate of drug-likeness (QED) is 0.418. The van der Waals surface area contributed by atoms with Gasteiger partial charge in [-0.25, -0.2) is 4.98 Å². The molecule has 30 heavy (non-hydrogen) atoms. The molecule has 0 spiro atoms. The SMILES string of the molecule is CCC(CC)/N=C/c1c(NC(CC)CC)cc(C)nc1Oc1c(C)cc(C)cc1C. The van der Waals surface area contributed by atoms with Crippen LogP contribution in [0.3, 0.4) is 0 Å². The molecule has 0 radical (unpaired) electrons. The molecule has 0 aliphatic heterocycles. The predicted molar refractivity (Wildman–Crippen MR) is 130 cm³/mol. The second kappa shape index (κ2) is 11.1. The van der Waals surface area contributed by atoms with Crippen molar-refractivity contribution in [1.29, 1.82) is 0 Å². The molecule has 0 bridgehead atoms. The highest BCUT2D eigenvalue weighted by molar-refractivity contribution is 5.91. The zero-order valence-corrected chi connectivity index (χ0v) is 20.1. The number of aliphatic imine (C=N–C) groups is 1. The largest absolute Gasteiger partial charge is 0.438 e. The highest BCUT2D eigenvalue weighted by Crippen LogP contribution is 2.33. The highest BCUT2D eigenvalue weighted by Gasteiger charge is 2.17. The van der Waals surface area contributed by atoms with Gasteiger partial charge in [-0.1, -0.05) is 45.4 Å². The molecule has 0 amide bonds. The van der Waals surface area contributed by atoms with Gasteiger partial charge in [0.25, 0.3) is 0 Å². The Labute approximate surface area is 183 Å². The van der Waals surface area contributed by atoms with Gasteiger partial charge in [-0.3, -0.25) is 4.99 Å². The average Bonchev–Trinajstić information content (AvgIpc) is 2.70. The summed E-state index contributed by atoms with van der Waals surface area (Å²) in [5.41, 5.74) is 6.38. The van der Waals surface area contributed by atoms with E-state index in [1.807, 2.05) is 13.1 Å². The first-order chi connectivity index (χ1) is 14.3. The maximum atomic E-state index is 6.45. The first-order valence-electron chi connectivity index (χ1n) is 11.4. The fourth-order valence-electron chi connectivity index (χ4n) is 3.79. The molecule has 1 heterocycles. The van der Waals surface area contributed by atoms with Crippen LogP contribution in [0.1, 0.15) is 81.3 Å². The van der Waals surface area contributed by atoms with Gasteiger partial charge in [-0.15, -0.1) is 0 Å². The van der Waals surface area contributed by atoms with Gasteiger partial charge in [0.15, 0.2) is 0 Å². The van der Waals surface area contributed by atoms with Crippen molar-refractivity contribution in [1.82, 2.24) is 4.98 Å². The Balaban J connectivity index is 2.58. The molecule has 1 aromatic carbocycles.